The lowest BCUT2D eigenvalue weighted by Crippen LogP contribution is -1.90. The summed E-state index contributed by atoms with van der Waals surface area (Å²) in [5.41, 5.74) is 2.52. The Hall–Kier alpha value is -2.76. The zero-order chi connectivity index (χ0) is 13.9. The number of nitrogens with zero attached hydrogens (tertiary/aromatic N) is 4. The van der Waals surface area contributed by atoms with Crippen LogP contribution in [0.3, 0.4) is 0 Å². The van der Waals surface area contributed by atoms with Crippen LogP contribution in [0.25, 0.3) is 22.8 Å². The maximum Gasteiger partial charge on any atom is 0.259 e. The van der Waals surface area contributed by atoms with Crippen LogP contribution in [-0.2, 0) is 6.42 Å². The molecule has 6 heteroatoms. The molecule has 100 valence electrons. The first kappa shape index (κ1) is 12.3. The van der Waals surface area contributed by atoms with Gasteiger partial charge in [-0.1, -0.05) is 12.1 Å². The number of hydrogen-bond acceptors (Lipinski definition) is 6. The van der Waals surface area contributed by atoms with Crippen molar-refractivity contribution < 1.29 is 9.63 Å². The molecule has 0 spiro atoms. The van der Waals surface area contributed by atoms with Gasteiger partial charge in [0.2, 0.25) is 5.82 Å². The van der Waals surface area contributed by atoms with E-state index in [0.717, 1.165) is 17.5 Å². The molecule has 1 N–H and O–H groups in total. The van der Waals surface area contributed by atoms with Crippen molar-refractivity contribution in [3.8, 4) is 28.6 Å². The van der Waals surface area contributed by atoms with Gasteiger partial charge in [0.25, 0.3) is 5.89 Å². The number of rotatable bonds is 3. The SMILES string of the molecule is CCc1cnccc1-c1noc(-c2cncc(O)c2)n1. The van der Waals surface area contributed by atoms with Gasteiger partial charge >= 0.3 is 0 Å². The van der Waals surface area contributed by atoms with E-state index in [4.69, 9.17) is 4.52 Å². The number of aromatic nitrogens is 4. The standard InChI is InChI=1S/C14H12N4O2/c1-2-9-6-15-4-3-12(9)13-17-14(20-18-13)10-5-11(19)8-16-7-10/h3-8,19H,2H2,1H3. The fraction of sp³-hybridized carbons (Fsp3) is 0.143. The van der Waals surface area contributed by atoms with E-state index >= 15 is 0 Å². The largest absolute Gasteiger partial charge is 0.506 e. The van der Waals surface area contributed by atoms with Gasteiger partial charge in [-0.3, -0.25) is 9.97 Å². The highest BCUT2D eigenvalue weighted by Gasteiger charge is 2.13. The first-order valence-electron chi connectivity index (χ1n) is 6.19. The van der Waals surface area contributed by atoms with Gasteiger partial charge in [-0.15, -0.1) is 0 Å². The molecule has 0 aromatic carbocycles. The summed E-state index contributed by atoms with van der Waals surface area (Å²) >= 11 is 0. The van der Waals surface area contributed by atoms with Crippen LogP contribution in [0.4, 0.5) is 0 Å². The molecule has 0 amide bonds. The molecule has 0 unspecified atom stereocenters. The summed E-state index contributed by atoms with van der Waals surface area (Å²) in [6.07, 6.45) is 7.23. The van der Waals surface area contributed by atoms with Gasteiger partial charge in [-0.05, 0) is 24.1 Å². The Balaban J connectivity index is 2.02. The fourth-order valence-electron chi connectivity index (χ4n) is 1.92. The van der Waals surface area contributed by atoms with E-state index in [1.165, 1.54) is 12.3 Å². The quantitative estimate of drug-likeness (QED) is 0.785. The summed E-state index contributed by atoms with van der Waals surface area (Å²) in [6.45, 7) is 2.04. The Labute approximate surface area is 115 Å². The van der Waals surface area contributed by atoms with Gasteiger partial charge < -0.3 is 9.63 Å². The lowest BCUT2D eigenvalue weighted by Gasteiger charge is -2.00. The summed E-state index contributed by atoms with van der Waals surface area (Å²) in [6, 6.07) is 3.38. The average Bonchev–Trinajstić information content (AvgIpc) is 2.97. The zero-order valence-corrected chi connectivity index (χ0v) is 10.8. The summed E-state index contributed by atoms with van der Waals surface area (Å²) in [5.74, 6) is 0.880. The van der Waals surface area contributed by atoms with E-state index in [2.05, 4.69) is 20.1 Å². The van der Waals surface area contributed by atoms with Crippen molar-refractivity contribution in [3.63, 3.8) is 0 Å². The molecule has 0 saturated heterocycles. The van der Waals surface area contributed by atoms with Crippen LogP contribution < -0.4 is 0 Å². The lowest BCUT2D eigenvalue weighted by atomic mass is 10.1. The second kappa shape index (κ2) is 5.08. The Morgan fingerprint density at radius 3 is 2.90 bits per heavy atom. The summed E-state index contributed by atoms with van der Waals surface area (Å²) in [7, 11) is 0. The van der Waals surface area contributed by atoms with Gasteiger partial charge in [-0.2, -0.15) is 4.98 Å². The number of aromatic hydroxyl groups is 1. The molecule has 0 saturated carbocycles. The molecule has 0 fully saturated rings. The van der Waals surface area contributed by atoms with Crippen LogP contribution in [0.5, 0.6) is 5.75 Å². The van der Waals surface area contributed by atoms with Crippen molar-refractivity contribution in [1.29, 1.82) is 0 Å². The highest BCUT2D eigenvalue weighted by molar-refractivity contribution is 5.62. The molecule has 20 heavy (non-hydrogen) atoms. The van der Waals surface area contributed by atoms with Crippen molar-refractivity contribution in [3.05, 3.63) is 42.5 Å². The molecule has 6 nitrogen and oxygen atoms in total. The predicted molar refractivity (Wildman–Crippen MR) is 71.8 cm³/mol. The van der Waals surface area contributed by atoms with Crippen molar-refractivity contribution in [2.75, 3.05) is 0 Å². The molecule has 3 aromatic heterocycles. The van der Waals surface area contributed by atoms with E-state index in [1.807, 2.05) is 13.0 Å². The molecular formula is C14H12N4O2. The minimum atomic E-state index is 0.0559. The molecule has 0 aliphatic carbocycles. The van der Waals surface area contributed by atoms with Gasteiger partial charge in [0.15, 0.2) is 0 Å². The highest BCUT2D eigenvalue weighted by Crippen LogP contribution is 2.25. The Bertz CT molecular complexity index is 739. The average molecular weight is 268 g/mol. The van der Waals surface area contributed by atoms with E-state index in [0.29, 0.717) is 17.3 Å². The minimum Gasteiger partial charge on any atom is -0.506 e. The normalized spacial score (nSPS) is 10.7. The lowest BCUT2D eigenvalue weighted by molar-refractivity contribution is 0.431. The third-order valence-electron chi connectivity index (χ3n) is 2.92. The second-order valence-electron chi connectivity index (χ2n) is 4.24. The van der Waals surface area contributed by atoms with Gasteiger partial charge in [0, 0.05) is 24.2 Å². The zero-order valence-electron chi connectivity index (χ0n) is 10.8. The van der Waals surface area contributed by atoms with Gasteiger partial charge in [0.1, 0.15) is 5.75 Å². The van der Waals surface area contributed by atoms with E-state index in [-0.39, 0.29) is 5.75 Å². The predicted octanol–water partition coefficient (Wildman–Crippen LogP) is 2.46. The monoisotopic (exact) mass is 268 g/mol. The van der Waals surface area contributed by atoms with E-state index in [1.54, 1.807) is 18.6 Å². The van der Waals surface area contributed by atoms with Crippen LogP contribution >= 0.6 is 0 Å². The number of pyridine rings is 2. The van der Waals surface area contributed by atoms with Crippen molar-refractivity contribution in [2.24, 2.45) is 0 Å². The van der Waals surface area contributed by atoms with E-state index < -0.39 is 0 Å². The number of aryl methyl sites for hydroxylation is 1. The third kappa shape index (κ3) is 2.23. The maximum atomic E-state index is 9.42. The van der Waals surface area contributed by atoms with E-state index in [9.17, 15) is 5.11 Å². The van der Waals surface area contributed by atoms with Crippen molar-refractivity contribution >= 4 is 0 Å². The fourth-order valence-corrected chi connectivity index (χ4v) is 1.92. The molecule has 0 radical (unpaired) electrons. The van der Waals surface area contributed by atoms with Crippen LogP contribution in [-0.4, -0.2) is 25.2 Å². The molecule has 0 atom stereocenters. The topological polar surface area (TPSA) is 84.9 Å². The molecule has 0 aliphatic heterocycles. The van der Waals surface area contributed by atoms with Crippen LogP contribution in [0.1, 0.15) is 12.5 Å². The Morgan fingerprint density at radius 1 is 1.20 bits per heavy atom. The molecular weight excluding hydrogens is 256 g/mol. The van der Waals surface area contributed by atoms with Crippen molar-refractivity contribution in [2.45, 2.75) is 13.3 Å². The molecule has 3 rings (SSSR count). The smallest absolute Gasteiger partial charge is 0.259 e. The molecule has 3 aromatic rings. The Kier molecular flexibility index (Phi) is 3.12. The van der Waals surface area contributed by atoms with Crippen LogP contribution in [0.15, 0.2) is 41.4 Å². The maximum absolute atomic E-state index is 9.42. The van der Waals surface area contributed by atoms with Gasteiger partial charge in [-0.25, -0.2) is 0 Å². The minimum absolute atomic E-state index is 0.0559. The van der Waals surface area contributed by atoms with Crippen LogP contribution in [0, 0.1) is 0 Å². The summed E-state index contributed by atoms with van der Waals surface area (Å²) in [4.78, 5) is 12.3. The van der Waals surface area contributed by atoms with Crippen LogP contribution in [0.2, 0.25) is 0 Å². The van der Waals surface area contributed by atoms with Gasteiger partial charge in [0.05, 0.1) is 11.8 Å². The molecule has 0 bridgehead atoms. The first-order valence-corrected chi connectivity index (χ1v) is 6.19. The summed E-state index contributed by atoms with van der Waals surface area (Å²) in [5, 5.41) is 13.4. The van der Waals surface area contributed by atoms with Crippen molar-refractivity contribution in [1.82, 2.24) is 20.1 Å². The molecule has 3 heterocycles. The summed E-state index contributed by atoms with van der Waals surface area (Å²) < 4.78 is 5.23. The molecule has 0 aliphatic rings. The third-order valence-corrected chi connectivity index (χ3v) is 2.92. The second-order valence-corrected chi connectivity index (χ2v) is 4.24. The Morgan fingerprint density at radius 2 is 2.10 bits per heavy atom. The number of hydrogen-bond donors (Lipinski definition) is 1. The highest BCUT2D eigenvalue weighted by atomic mass is 16.5. The first-order chi connectivity index (χ1) is 9.78.